The van der Waals surface area contributed by atoms with Crippen molar-refractivity contribution in [3.05, 3.63) is 53.2 Å². The van der Waals surface area contributed by atoms with Crippen LogP contribution in [-0.2, 0) is 14.8 Å². The zero-order valence-corrected chi connectivity index (χ0v) is 19.1. The molecular formula is C21H19FN6O3S2. The molecule has 1 saturated carbocycles. The quantitative estimate of drug-likeness (QED) is 0.496. The van der Waals surface area contributed by atoms with Gasteiger partial charge in [-0.25, -0.2) is 22.8 Å². The van der Waals surface area contributed by atoms with Crippen molar-refractivity contribution in [1.29, 1.82) is 5.26 Å². The molecule has 170 valence electrons. The molecule has 1 fully saturated rings. The Morgan fingerprint density at radius 1 is 1.33 bits per heavy atom. The number of aromatic nitrogens is 3. The average Bonchev–Trinajstić information content (AvgIpc) is 3.58. The summed E-state index contributed by atoms with van der Waals surface area (Å²) in [4.78, 5) is 25.1. The topological polar surface area (TPSA) is 138 Å². The third-order valence-electron chi connectivity index (χ3n) is 5.07. The largest absolute Gasteiger partial charge is 0.323 e. The monoisotopic (exact) mass is 486 g/mol. The molecule has 0 spiro atoms. The van der Waals surface area contributed by atoms with Crippen molar-refractivity contribution >= 4 is 38.1 Å². The summed E-state index contributed by atoms with van der Waals surface area (Å²) in [5.74, 6) is -1.81. The number of anilines is 2. The molecule has 2 heterocycles. The second-order valence-electron chi connectivity index (χ2n) is 7.47. The zero-order valence-electron chi connectivity index (χ0n) is 17.4. The Morgan fingerprint density at radius 2 is 2.12 bits per heavy atom. The first-order valence-electron chi connectivity index (χ1n) is 10.1. The van der Waals surface area contributed by atoms with Crippen LogP contribution in [0.25, 0.3) is 11.3 Å². The minimum atomic E-state index is -3.44. The van der Waals surface area contributed by atoms with Gasteiger partial charge in [-0.05, 0) is 31.4 Å². The van der Waals surface area contributed by atoms with Gasteiger partial charge in [-0.1, -0.05) is 13.0 Å². The van der Waals surface area contributed by atoms with Gasteiger partial charge < -0.3 is 5.32 Å². The maximum Gasteiger partial charge on any atom is 0.237 e. The van der Waals surface area contributed by atoms with E-state index >= 15 is 0 Å². The molecular weight excluding hydrogens is 467 g/mol. The van der Waals surface area contributed by atoms with Crippen LogP contribution in [0.3, 0.4) is 0 Å². The lowest BCUT2D eigenvalue weighted by atomic mass is 10.0. The van der Waals surface area contributed by atoms with Gasteiger partial charge >= 0.3 is 0 Å². The van der Waals surface area contributed by atoms with Gasteiger partial charge in [0.05, 0.1) is 40.6 Å². The molecule has 1 amide bonds. The van der Waals surface area contributed by atoms with Crippen LogP contribution in [0.4, 0.5) is 15.2 Å². The van der Waals surface area contributed by atoms with Crippen molar-refractivity contribution in [2.75, 3.05) is 10.0 Å². The minimum absolute atomic E-state index is 0.0171. The van der Waals surface area contributed by atoms with Crippen molar-refractivity contribution in [3.8, 4) is 17.3 Å². The summed E-state index contributed by atoms with van der Waals surface area (Å²) >= 11 is 1.10. The number of nitrogens with zero attached hydrogens (tertiary/aromatic N) is 4. The fourth-order valence-electron chi connectivity index (χ4n) is 3.16. The smallest absolute Gasteiger partial charge is 0.237 e. The van der Waals surface area contributed by atoms with Crippen molar-refractivity contribution in [2.45, 2.75) is 37.4 Å². The van der Waals surface area contributed by atoms with Gasteiger partial charge in [-0.2, -0.15) is 5.26 Å². The molecule has 4 rings (SSSR count). The Bertz CT molecular complexity index is 1350. The van der Waals surface area contributed by atoms with Gasteiger partial charge in [0.25, 0.3) is 0 Å². The van der Waals surface area contributed by atoms with E-state index in [0.717, 1.165) is 11.3 Å². The summed E-state index contributed by atoms with van der Waals surface area (Å²) in [6, 6.07) is 6.06. The third-order valence-corrected chi connectivity index (χ3v) is 7.80. The Morgan fingerprint density at radius 3 is 2.79 bits per heavy atom. The Kier molecular flexibility index (Phi) is 6.35. The molecule has 1 unspecified atom stereocenters. The molecule has 0 bridgehead atoms. The predicted molar refractivity (Wildman–Crippen MR) is 121 cm³/mol. The molecule has 33 heavy (non-hydrogen) atoms. The second-order valence-corrected chi connectivity index (χ2v) is 10.3. The summed E-state index contributed by atoms with van der Waals surface area (Å²) in [6.45, 7) is 1.79. The first-order chi connectivity index (χ1) is 15.8. The first kappa shape index (κ1) is 22.8. The highest BCUT2D eigenvalue weighted by Crippen LogP contribution is 2.32. The summed E-state index contributed by atoms with van der Waals surface area (Å²) in [5.41, 5.74) is 1.25. The Hall–Kier alpha value is -3.43. The maximum atomic E-state index is 14.7. The molecule has 0 radical (unpaired) electrons. The van der Waals surface area contributed by atoms with E-state index in [1.54, 1.807) is 18.4 Å². The van der Waals surface area contributed by atoms with E-state index in [1.807, 2.05) is 6.07 Å². The number of hydrogen-bond donors (Lipinski definition) is 2. The van der Waals surface area contributed by atoms with Crippen molar-refractivity contribution in [3.63, 3.8) is 0 Å². The summed E-state index contributed by atoms with van der Waals surface area (Å²) < 4.78 is 41.4. The molecule has 0 saturated heterocycles. The number of rotatable bonds is 8. The van der Waals surface area contributed by atoms with Gasteiger partial charge in [0, 0.05) is 10.9 Å². The Labute approximate surface area is 193 Å². The fourth-order valence-corrected chi connectivity index (χ4v) is 5.52. The standard InChI is InChI=1S/C21H19FN6O3S2/c1-2-15(19-11-32-21(27-19)28-33(30,31)14-4-5-14)20(29)26-17-6-3-12(7-16(17)22)18-10-24-9-13(8-23)25-18/h3,6-7,9-11,14-15H,2,4-5H2,1H3,(H,26,29)(H,27,28). The van der Waals surface area contributed by atoms with Gasteiger partial charge in [-0.3, -0.25) is 14.5 Å². The highest BCUT2D eigenvalue weighted by Gasteiger charge is 2.36. The zero-order chi connectivity index (χ0) is 23.6. The average molecular weight is 487 g/mol. The predicted octanol–water partition coefficient (Wildman–Crippen LogP) is 3.65. The van der Waals surface area contributed by atoms with E-state index in [1.165, 1.54) is 24.5 Å². The number of amides is 1. The van der Waals surface area contributed by atoms with Crippen molar-refractivity contribution < 1.29 is 17.6 Å². The number of nitriles is 1. The van der Waals surface area contributed by atoms with Crippen LogP contribution in [-0.4, -0.2) is 34.5 Å². The lowest BCUT2D eigenvalue weighted by Gasteiger charge is -2.14. The lowest BCUT2D eigenvalue weighted by Crippen LogP contribution is -2.22. The Balaban J connectivity index is 1.48. The summed E-state index contributed by atoms with van der Waals surface area (Å²) in [6.07, 6.45) is 4.38. The van der Waals surface area contributed by atoms with Gasteiger partial charge in [0.2, 0.25) is 15.9 Å². The van der Waals surface area contributed by atoms with Gasteiger partial charge in [0.1, 0.15) is 11.9 Å². The number of carbonyl (C=O) groups excluding carboxylic acids is 1. The molecule has 0 aliphatic heterocycles. The summed E-state index contributed by atoms with van der Waals surface area (Å²) in [5, 5.41) is 13.0. The summed E-state index contributed by atoms with van der Waals surface area (Å²) in [7, 11) is -3.44. The number of carbonyl (C=O) groups is 1. The van der Waals surface area contributed by atoms with Crippen LogP contribution < -0.4 is 10.0 Å². The van der Waals surface area contributed by atoms with Crippen LogP contribution in [0.15, 0.2) is 36.0 Å². The maximum absolute atomic E-state index is 14.7. The van der Waals surface area contributed by atoms with E-state index in [9.17, 15) is 17.6 Å². The van der Waals surface area contributed by atoms with E-state index < -0.39 is 27.7 Å². The normalized spacial score (nSPS) is 14.3. The molecule has 12 heteroatoms. The highest BCUT2D eigenvalue weighted by molar-refractivity contribution is 7.93. The van der Waals surface area contributed by atoms with Crippen LogP contribution in [0.5, 0.6) is 0 Å². The molecule has 9 nitrogen and oxygen atoms in total. The fraction of sp³-hybridized carbons (Fsp3) is 0.286. The van der Waals surface area contributed by atoms with E-state index in [-0.39, 0.29) is 21.8 Å². The second kappa shape index (κ2) is 9.21. The number of thiazole rings is 1. The molecule has 1 aliphatic rings. The number of halogens is 1. The first-order valence-corrected chi connectivity index (χ1v) is 12.5. The van der Waals surface area contributed by atoms with Crippen molar-refractivity contribution in [2.24, 2.45) is 0 Å². The number of sulfonamides is 1. The number of hydrogen-bond acceptors (Lipinski definition) is 8. The van der Waals surface area contributed by atoms with Crippen LogP contribution in [0.2, 0.25) is 0 Å². The van der Waals surface area contributed by atoms with Gasteiger partial charge in [-0.15, -0.1) is 11.3 Å². The van der Waals surface area contributed by atoms with Gasteiger partial charge in [0.15, 0.2) is 10.8 Å². The van der Waals surface area contributed by atoms with Crippen LogP contribution in [0, 0.1) is 17.1 Å². The molecule has 3 aromatic rings. The van der Waals surface area contributed by atoms with E-state index in [0.29, 0.717) is 36.2 Å². The molecule has 1 aliphatic carbocycles. The van der Waals surface area contributed by atoms with Crippen LogP contribution in [0.1, 0.15) is 43.5 Å². The minimum Gasteiger partial charge on any atom is -0.323 e. The SMILES string of the molecule is CCC(C(=O)Nc1ccc(-c2cncc(C#N)n2)cc1F)c1csc(NS(=O)(=O)C2CC2)n1. The number of nitrogens with one attached hydrogen (secondary N) is 2. The number of benzene rings is 1. The molecule has 2 aromatic heterocycles. The van der Waals surface area contributed by atoms with Crippen LogP contribution >= 0.6 is 11.3 Å². The molecule has 2 N–H and O–H groups in total. The van der Waals surface area contributed by atoms with E-state index in [2.05, 4.69) is 25.0 Å². The third kappa shape index (κ3) is 5.15. The highest BCUT2D eigenvalue weighted by atomic mass is 32.2. The van der Waals surface area contributed by atoms with Crippen molar-refractivity contribution in [1.82, 2.24) is 15.0 Å². The lowest BCUT2D eigenvalue weighted by molar-refractivity contribution is -0.117. The molecule has 1 atom stereocenters. The van der Waals surface area contributed by atoms with E-state index in [4.69, 9.17) is 5.26 Å². The molecule has 1 aromatic carbocycles.